The summed E-state index contributed by atoms with van der Waals surface area (Å²) in [5.74, 6) is -2.31. The highest BCUT2D eigenvalue weighted by Crippen LogP contribution is 2.25. The van der Waals surface area contributed by atoms with Gasteiger partial charge >= 0.3 is 5.97 Å². The second-order valence-electron chi connectivity index (χ2n) is 3.99. The van der Waals surface area contributed by atoms with Crippen LogP contribution in [-0.2, 0) is 9.53 Å². The molecule has 0 aliphatic carbocycles. The Morgan fingerprint density at radius 1 is 1.50 bits per heavy atom. The number of amides is 1. The van der Waals surface area contributed by atoms with Crippen LogP contribution in [0.2, 0.25) is 0 Å². The Balaban J connectivity index is 2.66. The molecule has 0 aliphatic rings. The van der Waals surface area contributed by atoms with Gasteiger partial charge in [0.05, 0.1) is 17.4 Å². The van der Waals surface area contributed by atoms with Gasteiger partial charge in [0.1, 0.15) is 5.82 Å². The summed E-state index contributed by atoms with van der Waals surface area (Å²) in [6.07, 6.45) is 0. The van der Waals surface area contributed by atoms with Crippen molar-refractivity contribution in [2.75, 3.05) is 20.3 Å². The molecule has 0 aromatic heterocycles. The van der Waals surface area contributed by atoms with Crippen LogP contribution in [0.4, 0.5) is 4.39 Å². The third-order valence-corrected chi connectivity index (χ3v) is 3.55. The van der Waals surface area contributed by atoms with Crippen molar-refractivity contribution in [3.63, 3.8) is 0 Å². The number of nitrogens with one attached hydrogen (secondary N) is 1. The van der Waals surface area contributed by atoms with E-state index in [2.05, 4.69) is 5.32 Å². The molecule has 1 aromatic rings. The molecule has 0 fully saturated rings. The molecule has 0 heterocycles. The number of thioether (sulfide) groups is 1. The van der Waals surface area contributed by atoms with Gasteiger partial charge in [-0.25, -0.2) is 9.18 Å². The first-order valence-electron chi connectivity index (χ1n) is 5.92. The van der Waals surface area contributed by atoms with Gasteiger partial charge in [-0.15, -0.1) is 11.8 Å². The summed E-state index contributed by atoms with van der Waals surface area (Å²) in [5, 5.41) is 11.1. The lowest BCUT2D eigenvalue weighted by Crippen LogP contribution is -2.33. The smallest absolute Gasteiger partial charge is 0.338 e. The Hall–Kier alpha value is -1.60. The molecule has 0 spiro atoms. The average molecular weight is 301 g/mol. The zero-order valence-corrected chi connectivity index (χ0v) is 12.0. The molecule has 7 heteroatoms. The first-order valence-corrected chi connectivity index (χ1v) is 6.79. The predicted octanol–water partition coefficient (Wildman–Crippen LogP) is 1.77. The summed E-state index contributed by atoms with van der Waals surface area (Å²) in [4.78, 5) is 23.1. The number of halogens is 1. The number of rotatable bonds is 7. The standard InChI is InChI=1S/C13H16FNO4S/c1-8(12(16)15-5-6-19-2)20-9-3-4-11(14)10(7-9)13(17)18/h3-4,7-8H,5-6H2,1-2H3,(H,15,16)(H,17,18). The molecular formula is C13H16FNO4S. The second kappa shape index (κ2) is 7.86. The summed E-state index contributed by atoms with van der Waals surface area (Å²) in [5.41, 5.74) is -0.401. The van der Waals surface area contributed by atoms with Gasteiger partial charge in [-0.05, 0) is 25.1 Å². The predicted molar refractivity (Wildman–Crippen MR) is 73.6 cm³/mol. The van der Waals surface area contributed by atoms with Gasteiger partial charge < -0.3 is 15.2 Å². The van der Waals surface area contributed by atoms with Crippen LogP contribution in [0.5, 0.6) is 0 Å². The van der Waals surface area contributed by atoms with Crippen LogP contribution in [0.15, 0.2) is 23.1 Å². The summed E-state index contributed by atoms with van der Waals surface area (Å²) in [6.45, 7) is 2.52. The molecule has 1 atom stereocenters. The SMILES string of the molecule is COCCNC(=O)C(C)Sc1ccc(F)c(C(=O)O)c1. The Morgan fingerprint density at radius 3 is 2.80 bits per heavy atom. The van der Waals surface area contributed by atoms with Crippen molar-refractivity contribution >= 4 is 23.6 Å². The van der Waals surface area contributed by atoms with Gasteiger partial charge in [-0.3, -0.25) is 4.79 Å². The van der Waals surface area contributed by atoms with Crippen LogP contribution in [-0.4, -0.2) is 42.5 Å². The zero-order valence-electron chi connectivity index (χ0n) is 11.2. The maximum absolute atomic E-state index is 13.2. The molecule has 5 nitrogen and oxygen atoms in total. The van der Waals surface area contributed by atoms with Crippen LogP contribution in [0, 0.1) is 5.82 Å². The summed E-state index contributed by atoms with van der Waals surface area (Å²) in [7, 11) is 1.54. The van der Waals surface area contributed by atoms with E-state index in [-0.39, 0.29) is 5.91 Å². The summed E-state index contributed by atoms with van der Waals surface area (Å²) >= 11 is 1.17. The highest BCUT2D eigenvalue weighted by molar-refractivity contribution is 8.00. The van der Waals surface area contributed by atoms with Crippen molar-refractivity contribution < 1.29 is 23.8 Å². The molecule has 0 saturated carbocycles. The monoisotopic (exact) mass is 301 g/mol. The third kappa shape index (κ3) is 4.82. The largest absolute Gasteiger partial charge is 0.478 e. The maximum atomic E-state index is 13.2. The summed E-state index contributed by atoms with van der Waals surface area (Å²) in [6, 6.07) is 3.76. The number of carbonyl (C=O) groups excluding carboxylic acids is 1. The van der Waals surface area contributed by atoms with Gasteiger partial charge in [-0.2, -0.15) is 0 Å². The first-order chi connectivity index (χ1) is 9.45. The van der Waals surface area contributed by atoms with Crippen LogP contribution in [0.1, 0.15) is 17.3 Å². The molecule has 1 unspecified atom stereocenters. The molecule has 2 N–H and O–H groups in total. The Kier molecular flexibility index (Phi) is 6.47. The topological polar surface area (TPSA) is 75.6 Å². The maximum Gasteiger partial charge on any atom is 0.338 e. The van der Waals surface area contributed by atoms with Crippen molar-refractivity contribution in [2.45, 2.75) is 17.1 Å². The van der Waals surface area contributed by atoms with E-state index < -0.39 is 22.6 Å². The number of carboxylic acid groups (broad SMARTS) is 1. The molecule has 0 aliphatic heterocycles. The first kappa shape index (κ1) is 16.5. The van der Waals surface area contributed by atoms with E-state index in [1.807, 2.05) is 0 Å². The highest BCUT2D eigenvalue weighted by Gasteiger charge is 2.16. The Bertz CT molecular complexity index is 495. The van der Waals surface area contributed by atoms with E-state index >= 15 is 0 Å². The van der Waals surface area contributed by atoms with Gasteiger partial charge in [0.15, 0.2) is 0 Å². The number of hydrogen-bond acceptors (Lipinski definition) is 4. The van der Waals surface area contributed by atoms with Crippen molar-refractivity contribution in [1.29, 1.82) is 0 Å². The number of hydrogen-bond donors (Lipinski definition) is 2. The van der Waals surface area contributed by atoms with Crippen molar-refractivity contribution in [2.24, 2.45) is 0 Å². The Morgan fingerprint density at radius 2 is 2.20 bits per heavy atom. The van der Waals surface area contributed by atoms with Gasteiger partial charge in [-0.1, -0.05) is 0 Å². The molecule has 20 heavy (non-hydrogen) atoms. The Labute approximate surface area is 120 Å². The van der Waals surface area contributed by atoms with E-state index in [1.165, 1.54) is 31.0 Å². The molecule has 0 saturated heterocycles. The zero-order chi connectivity index (χ0) is 15.1. The fourth-order valence-electron chi connectivity index (χ4n) is 1.42. The fourth-order valence-corrected chi connectivity index (χ4v) is 2.35. The number of aromatic carboxylic acids is 1. The van der Waals surface area contributed by atoms with Crippen LogP contribution in [0.3, 0.4) is 0 Å². The average Bonchev–Trinajstić information content (AvgIpc) is 2.40. The van der Waals surface area contributed by atoms with Gasteiger partial charge in [0, 0.05) is 18.6 Å². The van der Waals surface area contributed by atoms with E-state index in [1.54, 1.807) is 6.92 Å². The van der Waals surface area contributed by atoms with E-state index in [0.29, 0.717) is 18.0 Å². The third-order valence-electron chi connectivity index (χ3n) is 2.46. The fraction of sp³-hybridized carbons (Fsp3) is 0.385. The molecule has 0 bridgehead atoms. The van der Waals surface area contributed by atoms with Gasteiger partial charge in [0.2, 0.25) is 5.91 Å². The van der Waals surface area contributed by atoms with E-state index in [4.69, 9.17) is 9.84 Å². The molecule has 0 radical (unpaired) electrons. The number of carboxylic acids is 1. The van der Waals surface area contributed by atoms with Crippen LogP contribution in [0.25, 0.3) is 0 Å². The van der Waals surface area contributed by atoms with Crippen molar-refractivity contribution in [3.8, 4) is 0 Å². The lowest BCUT2D eigenvalue weighted by Gasteiger charge is -2.12. The van der Waals surface area contributed by atoms with Crippen molar-refractivity contribution in [3.05, 3.63) is 29.6 Å². The normalized spacial score (nSPS) is 11.9. The van der Waals surface area contributed by atoms with E-state index in [9.17, 15) is 14.0 Å². The minimum absolute atomic E-state index is 0.187. The highest BCUT2D eigenvalue weighted by atomic mass is 32.2. The quantitative estimate of drug-likeness (QED) is 0.593. The minimum Gasteiger partial charge on any atom is -0.478 e. The summed E-state index contributed by atoms with van der Waals surface area (Å²) < 4.78 is 18.1. The minimum atomic E-state index is -1.33. The number of carbonyl (C=O) groups is 2. The van der Waals surface area contributed by atoms with E-state index in [0.717, 1.165) is 6.07 Å². The second-order valence-corrected chi connectivity index (χ2v) is 5.40. The number of benzene rings is 1. The lowest BCUT2D eigenvalue weighted by atomic mass is 10.2. The van der Waals surface area contributed by atoms with Gasteiger partial charge in [0.25, 0.3) is 0 Å². The number of ether oxygens (including phenoxy) is 1. The molecule has 1 amide bonds. The molecule has 110 valence electrons. The molecular weight excluding hydrogens is 285 g/mol. The van der Waals surface area contributed by atoms with Crippen molar-refractivity contribution in [1.82, 2.24) is 5.32 Å². The lowest BCUT2D eigenvalue weighted by molar-refractivity contribution is -0.120. The van der Waals surface area contributed by atoms with Crippen LogP contribution < -0.4 is 5.32 Å². The molecule has 1 aromatic carbocycles. The molecule has 1 rings (SSSR count). The van der Waals surface area contributed by atoms with Crippen LogP contribution >= 0.6 is 11.8 Å². The number of methoxy groups -OCH3 is 1.